The van der Waals surface area contributed by atoms with Gasteiger partial charge in [-0.15, -0.1) is 0 Å². The molecule has 0 radical (unpaired) electrons. The van der Waals surface area contributed by atoms with Gasteiger partial charge in [-0.05, 0) is 61.0 Å². The first-order valence-electron chi connectivity index (χ1n) is 16.7. The molecule has 21 heteroatoms. The maximum atomic E-state index is 12.8. The molecule has 4 aromatic carbocycles. The molecule has 0 spiro atoms. The molecule has 4 aromatic rings. The van der Waals surface area contributed by atoms with Gasteiger partial charge < -0.3 is 23.7 Å². The lowest BCUT2D eigenvalue weighted by Gasteiger charge is -2.21. The summed E-state index contributed by atoms with van der Waals surface area (Å²) in [5.74, 6) is -2.08. The fourth-order valence-corrected chi connectivity index (χ4v) is 10.9. The van der Waals surface area contributed by atoms with Gasteiger partial charge in [-0.1, -0.05) is 94.4 Å². The second kappa shape index (κ2) is 25.5. The lowest BCUT2D eigenvalue weighted by atomic mass is 10.4. The van der Waals surface area contributed by atoms with Crippen LogP contribution in [0.15, 0.2) is 141 Å². The Morgan fingerprint density at radius 2 is 0.702 bits per heavy atom. The quantitative estimate of drug-likeness (QED) is 0.0521. The summed E-state index contributed by atoms with van der Waals surface area (Å²) in [6, 6.07) is 30.8. The highest BCUT2D eigenvalue weighted by Gasteiger charge is 2.23. The van der Waals surface area contributed by atoms with Crippen LogP contribution in [0.5, 0.6) is 0 Å². The smallest absolute Gasteiger partial charge is 0.232 e. The van der Waals surface area contributed by atoms with Gasteiger partial charge in [-0.3, -0.25) is 0 Å². The third-order valence-corrected chi connectivity index (χ3v) is 17.8. The normalized spacial score (nSPS) is 13.3. The summed E-state index contributed by atoms with van der Waals surface area (Å²) in [5.41, 5.74) is 0. The molecule has 13 nitrogen and oxygen atoms in total. The van der Waals surface area contributed by atoms with E-state index in [1.807, 2.05) is 0 Å². The average Bonchev–Trinajstić information content (AvgIpc) is 3.21. The maximum absolute atomic E-state index is 12.8. The van der Waals surface area contributed by atoms with E-state index in [1.165, 1.54) is 48.5 Å². The summed E-state index contributed by atoms with van der Waals surface area (Å²) in [7, 11) is -10.6. The first-order valence-corrected chi connectivity index (χ1v) is 28.9. The van der Waals surface area contributed by atoms with Gasteiger partial charge >= 0.3 is 0 Å². The van der Waals surface area contributed by atoms with Gasteiger partial charge in [-0.2, -0.15) is 0 Å². The van der Waals surface area contributed by atoms with Crippen LogP contribution in [0.3, 0.4) is 0 Å². The Labute approximate surface area is 351 Å². The molecule has 0 aliphatic rings. The van der Waals surface area contributed by atoms with Crippen LogP contribution in [0.25, 0.3) is 0 Å². The fourth-order valence-electron chi connectivity index (χ4n) is 4.27. The van der Waals surface area contributed by atoms with Crippen LogP contribution >= 0.6 is 43.2 Å². The summed E-state index contributed by atoms with van der Waals surface area (Å²) in [4.78, 5) is 0.264. The summed E-state index contributed by atoms with van der Waals surface area (Å²) >= 11 is 0. The minimum atomic E-state index is -3.81. The van der Waals surface area contributed by atoms with Crippen molar-refractivity contribution in [2.24, 2.45) is 0 Å². The second-order valence-electron chi connectivity index (χ2n) is 11.3. The highest BCUT2D eigenvalue weighted by atomic mass is 33.1. The van der Waals surface area contributed by atoms with Crippen molar-refractivity contribution in [3.05, 3.63) is 121 Å². The average molecular weight is 941 g/mol. The zero-order valence-electron chi connectivity index (χ0n) is 30.9. The molecule has 0 saturated carbocycles. The topological polar surface area (TPSA) is 183 Å². The zero-order chi connectivity index (χ0) is 41.6. The Morgan fingerprint density at radius 3 is 1.00 bits per heavy atom. The molecule has 4 rings (SSSR count). The van der Waals surface area contributed by atoms with Crippen LogP contribution in [-0.4, -0.2) is 109 Å². The van der Waals surface area contributed by atoms with E-state index in [-0.39, 0.29) is 57.9 Å². The fraction of sp³-hybridized carbons (Fsp3) is 0.333. The van der Waals surface area contributed by atoms with Gasteiger partial charge in [0, 0.05) is 21.6 Å². The predicted octanol–water partition coefficient (Wildman–Crippen LogP) is 6.46. The number of hydrogen-bond acceptors (Lipinski definition) is 17. The molecular formula is C36H44O13S8. The Kier molecular flexibility index (Phi) is 22.0. The van der Waals surface area contributed by atoms with Crippen LogP contribution in [0.4, 0.5) is 0 Å². The van der Waals surface area contributed by atoms with Crippen molar-refractivity contribution < 1.29 is 57.4 Å². The van der Waals surface area contributed by atoms with Gasteiger partial charge in [0.05, 0.1) is 46.0 Å². The molecule has 0 aromatic heterocycles. The largest absolute Gasteiger partial charge is 0.376 e. The first kappa shape index (κ1) is 49.2. The van der Waals surface area contributed by atoms with Crippen molar-refractivity contribution in [3.8, 4) is 0 Å². The van der Waals surface area contributed by atoms with Gasteiger partial charge in [0.1, 0.15) is 24.1 Å². The molecule has 0 aliphatic carbocycles. The SMILES string of the molecule is CSSC.O=S(=O)(COCC(COCC(COCS(=O)(=O)c1ccccc1)OCSS(=O)(=O)c1ccccc1)OCSS(=O)(=O)c1ccccc1)c1ccccc1. The molecule has 314 valence electrons. The lowest BCUT2D eigenvalue weighted by molar-refractivity contribution is -0.0761. The lowest BCUT2D eigenvalue weighted by Crippen LogP contribution is -2.32. The number of benzene rings is 4. The molecule has 0 heterocycles. The predicted molar refractivity (Wildman–Crippen MR) is 229 cm³/mol. The molecule has 2 unspecified atom stereocenters. The van der Waals surface area contributed by atoms with E-state index in [9.17, 15) is 33.7 Å². The third-order valence-electron chi connectivity index (χ3n) is 7.14. The maximum Gasteiger partial charge on any atom is 0.232 e. The van der Waals surface area contributed by atoms with Crippen LogP contribution in [0.2, 0.25) is 0 Å². The highest BCUT2D eigenvalue weighted by Crippen LogP contribution is 2.25. The standard InChI is InChI=1S/C34H38O13S6.C2H6S2/c35-50(36,31-13-5-1-6-14-31)27-44-23-29(46-25-48-52(39,40)33-17-9-3-10-18-33)21-43-22-30(24-45-28-51(37,38)32-15-7-2-8-16-32)47-26-49-53(41,42)34-19-11-4-12-20-34;1-3-4-2/h1-20,29-30H,21-28H2;1-2H3. The number of hydrogen-bond donors (Lipinski definition) is 0. The summed E-state index contributed by atoms with van der Waals surface area (Å²) in [5, 5.41) is 0. The zero-order valence-corrected chi connectivity index (χ0v) is 37.5. The van der Waals surface area contributed by atoms with E-state index in [2.05, 4.69) is 12.5 Å². The molecule has 0 fully saturated rings. The molecule has 57 heavy (non-hydrogen) atoms. The molecule has 0 amide bonds. The van der Waals surface area contributed by atoms with E-state index in [0.717, 1.165) is 0 Å². The second-order valence-corrected chi connectivity index (χ2v) is 25.6. The monoisotopic (exact) mass is 940 g/mol. The van der Waals surface area contributed by atoms with E-state index < -0.39 is 61.5 Å². The van der Waals surface area contributed by atoms with Gasteiger partial charge in [0.15, 0.2) is 11.9 Å². The van der Waals surface area contributed by atoms with Crippen molar-refractivity contribution in [1.29, 1.82) is 0 Å². The van der Waals surface area contributed by atoms with Crippen LogP contribution in [0, 0.1) is 0 Å². The minimum absolute atomic E-state index is 0.0552. The number of sulfone groups is 2. The molecule has 0 N–H and O–H groups in total. The van der Waals surface area contributed by atoms with Crippen LogP contribution < -0.4 is 0 Å². The van der Waals surface area contributed by atoms with Crippen molar-refractivity contribution >= 4 is 80.6 Å². The highest BCUT2D eigenvalue weighted by molar-refractivity contribution is 8.76. The Bertz CT molecular complexity index is 1860. The van der Waals surface area contributed by atoms with Gasteiger partial charge in [0.2, 0.25) is 37.4 Å². The molecular weight excluding hydrogens is 897 g/mol. The summed E-state index contributed by atoms with van der Waals surface area (Å²) in [6.45, 7) is -1.09. The Morgan fingerprint density at radius 1 is 0.421 bits per heavy atom. The van der Waals surface area contributed by atoms with Crippen molar-refractivity contribution in [1.82, 2.24) is 0 Å². The molecule has 0 bridgehead atoms. The van der Waals surface area contributed by atoms with Crippen molar-refractivity contribution in [2.45, 2.75) is 31.8 Å². The first-order chi connectivity index (χ1) is 27.2. The van der Waals surface area contributed by atoms with E-state index in [0.29, 0.717) is 21.6 Å². The van der Waals surface area contributed by atoms with Crippen molar-refractivity contribution in [3.63, 3.8) is 0 Å². The Balaban J connectivity index is 0.00000207. The molecule has 2 atom stereocenters. The number of rotatable bonds is 25. The van der Waals surface area contributed by atoms with Crippen molar-refractivity contribution in [2.75, 3.05) is 62.7 Å². The Hall–Kier alpha value is -2.12. The van der Waals surface area contributed by atoms with Gasteiger partial charge in [-0.25, -0.2) is 33.7 Å². The van der Waals surface area contributed by atoms with Gasteiger partial charge in [0.25, 0.3) is 0 Å². The van der Waals surface area contributed by atoms with Crippen LogP contribution in [0.1, 0.15) is 0 Å². The molecule has 0 saturated heterocycles. The van der Waals surface area contributed by atoms with Crippen LogP contribution in [-0.2, 0) is 61.1 Å². The summed E-state index contributed by atoms with van der Waals surface area (Å²) < 4.78 is 130. The molecule has 0 aliphatic heterocycles. The third kappa shape index (κ3) is 18.4. The van der Waals surface area contributed by atoms with E-state index >= 15 is 0 Å². The number of ether oxygens (including phenoxy) is 5. The minimum Gasteiger partial charge on any atom is -0.376 e. The van der Waals surface area contributed by atoms with E-state index in [1.54, 1.807) is 94.4 Å². The summed E-state index contributed by atoms with van der Waals surface area (Å²) in [6.07, 6.45) is 2.19. The van der Waals surface area contributed by atoms with E-state index in [4.69, 9.17) is 23.7 Å².